The SMILES string of the molecule is CCNC(CN(C)C)c1ccc(C)s1. The number of aryl methyl sites for hydroxylation is 1. The van der Waals surface area contributed by atoms with Crippen LogP contribution < -0.4 is 5.32 Å². The summed E-state index contributed by atoms with van der Waals surface area (Å²) >= 11 is 1.89. The van der Waals surface area contributed by atoms with Crippen LogP contribution in [-0.4, -0.2) is 32.1 Å². The minimum Gasteiger partial charge on any atom is -0.308 e. The van der Waals surface area contributed by atoms with Crippen molar-refractivity contribution in [2.24, 2.45) is 0 Å². The van der Waals surface area contributed by atoms with Gasteiger partial charge < -0.3 is 10.2 Å². The van der Waals surface area contributed by atoms with Crippen molar-refractivity contribution in [1.29, 1.82) is 0 Å². The Bertz CT molecular complexity index is 268. The highest BCUT2D eigenvalue weighted by Gasteiger charge is 2.12. The molecule has 1 rings (SSSR count). The van der Waals surface area contributed by atoms with Crippen LogP contribution in [0.5, 0.6) is 0 Å². The molecule has 80 valence electrons. The smallest absolute Gasteiger partial charge is 0.0543 e. The largest absolute Gasteiger partial charge is 0.308 e. The maximum Gasteiger partial charge on any atom is 0.0543 e. The molecule has 0 bridgehead atoms. The highest BCUT2D eigenvalue weighted by molar-refractivity contribution is 7.12. The Labute approximate surface area is 90.9 Å². The zero-order chi connectivity index (χ0) is 10.6. The number of hydrogen-bond donors (Lipinski definition) is 1. The van der Waals surface area contributed by atoms with E-state index in [1.54, 1.807) is 0 Å². The molecule has 1 unspecified atom stereocenters. The van der Waals surface area contributed by atoms with Crippen LogP contribution in [0.25, 0.3) is 0 Å². The molecule has 0 spiro atoms. The van der Waals surface area contributed by atoms with Gasteiger partial charge in [0.15, 0.2) is 0 Å². The molecular formula is C11H20N2S. The lowest BCUT2D eigenvalue weighted by Crippen LogP contribution is -2.30. The summed E-state index contributed by atoms with van der Waals surface area (Å²) in [5.74, 6) is 0. The third kappa shape index (κ3) is 3.40. The van der Waals surface area contributed by atoms with Crippen molar-refractivity contribution >= 4 is 11.3 Å². The number of likely N-dealkylation sites (N-methyl/N-ethyl adjacent to an activating group) is 2. The van der Waals surface area contributed by atoms with E-state index in [0.29, 0.717) is 6.04 Å². The molecular weight excluding hydrogens is 192 g/mol. The van der Waals surface area contributed by atoms with E-state index < -0.39 is 0 Å². The molecule has 1 atom stereocenters. The third-order valence-corrected chi connectivity index (χ3v) is 3.22. The Kier molecular flexibility index (Phi) is 4.58. The lowest BCUT2D eigenvalue weighted by Gasteiger charge is -2.20. The van der Waals surface area contributed by atoms with Crippen LogP contribution in [0.3, 0.4) is 0 Å². The summed E-state index contributed by atoms with van der Waals surface area (Å²) < 4.78 is 0. The molecule has 0 amide bonds. The highest BCUT2D eigenvalue weighted by Crippen LogP contribution is 2.22. The highest BCUT2D eigenvalue weighted by atomic mass is 32.1. The van der Waals surface area contributed by atoms with Gasteiger partial charge in [0.2, 0.25) is 0 Å². The summed E-state index contributed by atoms with van der Waals surface area (Å²) in [6.07, 6.45) is 0. The van der Waals surface area contributed by atoms with E-state index in [1.165, 1.54) is 9.75 Å². The normalized spacial score (nSPS) is 13.5. The molecule has 0 saturated carbocycles. The van der Waals surface area contributed by atoms with Gasteiger partial charge in [-0.15, -0.1) is 11.3 Å². The molecule has 1 aromatic heterocycles. The standard InChI is InChI=1S/C11H20N2S/c1-5-12-10(8-13(3)4)11-7-6-9(2)14-11/h6-7,10,12H,5,8H2,1-4H3. The van der Waals surface area contributed by atoms with Crippen molar-refractivity contribution in [3.05, 3.63) is 21.9 Å². The van der Waals surface area contributed by atoms with Crippen LogP contribution in [0, 0.1) is 6.92 Å². The van der Waals surface area contributed by atoms with E-state index in [9.17, 15) is 0 Å². The molecule has 0 aliphatic rings. The van der Waals surface area contributed by atoms with Gasteiger partial charge in [-0.1, -0.05) is 6.92 Å². The van der Waals surface area contributed by atoms with Crippen LogP contribution >= 0.6 is 11.3 Å². The van der Waals surface area contributed by atoms with Crippen molar-refractivity contribution < 1.29 is 0 Å². The van der Waals surface area contributed by atoms with Gasteiger partial charge in [-0.3, -0.25) is 0 Å². The Balaban J connectivity index is 2.66. The fourth-order valence-corrected chi connectivity index (χ4v) is 2.45. The minimum absolute atomic E-state index is 0.480. The van der Waals surface area contributed by atoms with Gasteiger partial charge in [-0.25, -0.2) is 0 Å². The van der Waals surface area contributed by atoms with Crippen molar-refractivity contribution in [1.82, 2.24) is 10.2 Å². The summed E-state index contributed by atoms with van der Waals surface area (Å²) in [6.45, 7) is 6.40. The molecule has 14 heavy (non-hydrogen) atoms. The van der Waals surface area contributed by atoms with Crippen molar-refractivity contribution in [3.63, 3.8) is 0 Å². The van der Waals surface area contributed by atoms with Crippen LogP contribution in [0.15, 0.2) is 12.1 Å². The molecule has 0 aromatic carbocycles. The maximum absolute atomic E-state index is 3.51. The second kappa shape index (κ2) is 5.49. The molecule has 1 N–H and O–H groups in total. The molecule has 3 heteroatoms. The van der Waals surface area contributed by atoms with Crippen LogP contribution in [0.4, 0.5) is 0 Å². The molecule has 0 radical (unpaired) electrons. The maximum atomic E-state index is 3.51. The first-order chi connectivity index (χ1) is 6.63. The van der Waals surface area contributed by atoms with Gasteiger partial charge >= 0.3 is 0 Å². The minimum atomic E-state index is 0.480. The Morgan fingerprint density at radius 2 is 2.14 bits per heavy atom. The van der Waals surface area contributed by atoms with Gasteiger partial charge in [0.05, 0.1) is 6.04 Å². The van der Waals surface area contributed by atoms with Gasteiger partial charge in [-0.05, 0) is 39.7 Å². The Morgan fingerprint density at radius 1 is 1.43 bits per heavy atom. The van der Waals surface area contributed by atoms with Crippen molar-refractivity contribution in [3.8, 4) is 0 Å². The van der Waals surface area contributed by atoms with Crippen molar-refractivity contribution in [2.45, 2.75) is 19.9 Å². The topological polar surface area (TPSA) is 15.3 Å². The van der Waals surface area contributed by atoms with Crippen LogP contribution in [0.1, 0.15) is 22.7 Å². The fourth-order valence-electron chi connectivity index (χ4n) is 1.51. The molecule has 1 aromatic rings. The quantitative estimate of drug-likeness (QED) is 0.805. The number of thiophene rings is 1. The fraction of sp³-hybridized carbons (Fsp3) is 0.636. The molecule has 0 aliphatic heterocycles. The molecule has 0 fully saturated rings. The summed E-state index contributed by atoms with van der Waals surface area (Å²) in [5.41, 5.74) is 0. The van der Waals surface area contributed by atoms with Crippen LogP contribution in [-0.2, 0) is 0 Å². The van der Waals surface area contributed by atoms with E-state index in [4.69, 9.17) is 0 Å². The number of nitrogens with one attached hydrogen (secondary N) is 1. The third-order valence-electron chi connectivity index (χ3n) is 2.10. The first-order valence-corrected chi connectivity index (χ1v) is 5.89. The Hall–Kier alpha value is -0.380. The summed E-state index contributed by atoms with van der Waals surface area (Å²) in [6, 6.07) is 4.91. The van der Waals surface area contributed by atoms with E-state index in [0.717, 1.165) is 13.1 Å². The average molecular weight is 212 g/mol. The summed E-state index contributed by atoms with van der Waals surface area (Å²) in [5, 5.41) is 3.51. The van der Waals surface area contributed by atoms with E-state index in [-0.39, 0.29) is 0 Å². The van der Waals surface area contributed by atoms with Crippen molar-refractivity contribution in [2.75, 3.05) is 27.2 Å². The van der Waals surface area contributed by atoms with Gasteiger partial charge in [0.25, 0.3) is 0 Å². The molecule has 1 heterocycles. The molecule has 0 saturated heterocycles. The predicted octanol–water partition coefficient (Wildman–Crippen LogP) is 2.27. The van der Waals surface area contributed by atoms with Gasteiger partial charge in [0.1, 0.15) is 0 Å². The van der Waals surface area contributed by atoms with Gasteiger partial charge in [-0.2, -0.15) is 0 Å². The lowest BCUT2D eigenvalue weighted by molar-refractivity contribution is 0.348. The number of nitrogens with zero attached hydrogens (tertiary/aromatic N) is 1. The first kappa shape index (κ1) is 11.7. The second-order valence-corrected chi connectivity index (χ2v) is 5.14. The number of rotatable bonds is 5. The summed E-state index contributed by atoms with van der Waals surface area (Å²) in [4.78, 5) is 5.06. The average Bonchev–Trinajstić information content (AvgIpc) is 2.50. The second-order valence-electron chi connectivity index (χ2n) is 3.82. The van der Waals surface area contributed by atoms with E-state index in [2.05, 4.69) is 50.3 Å². The predicted molar refractivity (Wildman–Crippen MR) is 64.0 cm³/mol. The lowest BCUT2D eigenvalue weighted by atomic mass is 10.2. The first-order valence-electron chi connectivity index (χ1n) is 5.08. The van der Waals surface area contributed by atoms with Crippen LogP contribution in [0.2, 0.25) is 0 Å². The number of hydrogen-bond acceptors (Lipinski definition) is 3. The monoisotopic (exact) mass is 212 g/mol. The van der Waals surface area contributed by atoms with Gasteiger partial charge in [0, 0.05) is 16.3 Å². The Morgan fingerprint density at radius 3 is 2.57 bits per heavy atom. The zero-order valence-corrected chi connectivity index (χ0v) is 10.3. The molecule has 2 nitrogen and oxygen atoms in total. The summed E-state index contributed by atoms with van der Waals surface area (Å²) in [7, 11) is 4.23. The van der Waals surface area contributed by atoms with E-state index >= 15 is 0 Å². The molecule has 0 aliphatic carbocycles. The van der Waals surface area contributed by atoms with E-state index in [1.807, 2.05) is 11.3 Å². The zero-order valence-electron chi connectivity index (χ0n) is 9.50.